The Morgan fingerprint density at radius 2 is 1.35 bits per heavy atom. The second-order valence-electron chi connectivity index (χ2n) is 15.7. The van der Waals surface area contributed by atoms with Crippen LogP contribution in [0.3, 0.4) is 0 Å². The van der Waals surface area contributed by atoms with Crippen molar-refractivity contribution < 1.29 is 71.6 Å². The van der Waals surface area contributed by atoms with Crippen molar-refractivity contribution in [1.82, 2.24) is 10.6 Å². The molecule has 4 aliphatic rings. The van der Waals surface area contributed by atoms with E-state index < -0.39 is 137 Å². The maximum Gasteiger partial charge on any atom is 0.407 e. The second-order valence-corrected chi connectivity index (χ2v) is 20.7. The molecule has 65 heavy (non-hydrogen) atoms. The van der Waals surface area contributed by atoms with Crippen molar-refractivity contribution in [2.24, 2.45) is 17.0 Å². The fourth-order valence-electron chi connectivity index (χ4n) is 7.98. The maximum absolute atomic E-state index is 13.4. The molecule has 1 aromatic carbocycles. The molecule has 7 unspecified atom stereocenters. The minimum Gasteiger partial charge on any atom is -0.454 e. The molecule has 16 atom stereocenters. The lowest BCUT2D eigenvalue weighted by atomic mass is 9.85. The minimum atomic E-state index is -1.94. The second kappa shape index (κ2) is 24.5. The number of fused-ring (bicyclic) bond motifs is 1. The summed E-state index contributed by atoms with van der Waals surface area (Å²) < 4.78 is 63.0. The highest BCUT2D eigenvalue weighted by atomic mass is 35.6. The molecule has 26 heteroatoms. The number of alkyl halides is 6. The standard InChI is InChI=1S/C39H53Cl6N5O15/c1-6-22-28(18(3)25(33(60-22)55-14-13-47-50-46)48-36(53)57-16-38(40,41)42)63-34-26(49-37(54)58-17-39(43,44)45)19(4)29(23(7-2)61-34)64-35-31(59-20(5)51)27(52)30-24(62-35)15-56-32(65-30)21-11-9-8-10-12-21/h8-12,18-19,22-35,52H,6-7,13-17H2,1-5H3,(H,48,53)(H,49,54)/t18-,19+,22?,23?,24?,25?,26?,27+,28+,29+,30-,31?,32?,33-,34+,35+/m1/s1. The van der Waals surface area contributed by atoms with Gasteiger partial charge in [-0.25, -0.2) is 9.59 Å². The number of nitrogens with one attached hydrogen (secondary N) is 2. The first kappa shape index (κ1) is 53.9. The normalized spacial score (nSPS) is 35.1. The number of carbonyl (C=O) groups is 3. The van der Waals surface area contributed by atoms with Crippen LogP contribution in [0.4, 0.5) is 9.59 Å². The number of azide groups is 1. The molecule has 4 aliphatic heterocycles. The van der Waals surface area contributed by atoms with Crippen LogP contribution < -0.4 is 10.6 Å². The molecule has 4 saturated heterocycles. The minimum absolute atomic E-state index is 0.00255. The van der Waals surface area contributed by atoms with Crippen LogP contribution in [0.25, 0.3) is 10.4 Å². The van der Waals surface area contributed by atoms with Gasteiger partial charge < -0.3 is 67.8 Å². The van der Waals surface area contributed by atoms with Crippen molar-refractivity contribution in [3.8, 4) is 0 Å². The Morgan fingerprint density at radius 1 is 0.815 bits per heavy atom. The van der Waals surface area contributed by atoms with E-state index in [9.17, 15) is 19.5 Å². The van der Waals surface area contributed by atoms with E-state index >= 15 is 0 Å². The molecule has 0 spiro atoms. The number of ether oxygens (including phenoxy) is 11. The van der Waals surface area contributed by atoms with E-state index in [1.807, 2.05) is 44.2 Å². The van der Waals surface area contributed by atoms with Gasteiger partial charge >= 0.3 is 18.2 Å². The molecule has 4 fully saturated rings. The molecule has 4 heterocycles. The Balaban J connectivity index is 1.41. The van der Waals surface area contributed by atoms with Gasteiger partial charge in [0.05, 0.1) is 49.7 Å². The van der Waals surface area contributed by atoms with Crippen LogP contribution in [0.5, 0.6) is 0 Å². The Labute approximate surface area is 405 Å². The van der Waals surface area contributed by atoms with Crippen LogP contribution in [0.15, 0.2) is 35.4 Å². The number of nitrogens with zero attached hydrogens (tertiary/aromatic N) is 3. The summed E-state index contributed by atoms with van der Waals surface area (Å²) in [6.07, 6.45) is -13.8. The summed E-state index contributed by atoms with van der Waals surface area (Å²) >= 11 is 35.1. The molecule has 5 rings (SSSR count). The zero-order valence-electron chi connectivity index (χ0n) is 35.8. The maximum atomic E-state index is 13.4. The lowest BCUT2D eigenvalue weighted by molar-refractivity contribution is -0.381. The van der Waals surface area contributed by atoms with E-state index in [1.165, 1.54) is 6.92 Å². The predicted octanol–water partition coefficient (Wildman–Crippen LogP) is 6.69. The Morgan fingerprint density at radius 3 is 1.88 bits per heavy atom. The molecule has 1 aromatic rings. The van der Waals surface area contributed by atoms with Crippen LogP contribution >= 0.6 is 69.6 Å². The number of hydrogen-bond donors (Lipinski definition) is 3. The lowest BCUT2D eigenvalue weighted by Crippen LogP contribution is -2.67. The molecular weight excluding hydrogens is 991 g/mol. The van der Waals surface area contributed by atoms with Gasteiger partial charge in [-0.2, -0.15) is 0 Å². The topological polar surface area (TPSA) is 246 Å². The monoisotopic (exact) mass is 1040 g/mol. The first-order valence-electron chi connectivity index (χ1n) is 20.8. The lowest BCUT2D eigenvalue weighted by Gasteiger charge is -2.52. The van der Waals surface area contributed by atoms with Crippen molar-refractivity contribution in [2.75, 3.05) is 33.0 Å². The van der Waals surface area contributed by atoms with Crippen LogP contribution in [0.1, 0.15) is 59.3 Å². The van der Waals surface area contributed by atoms with Crippen LogP contribution in [0.2, 0.25) is 0 Å². The zero-order chi connectivity index (χ0) is 47.6. The van der Waals surface area contributed by atoms with Gasteiger partial charge in [0, 0.05) is 35.8 Å². The van der Waals surface area contributed by atoms with Crippen LogP contribution in [0, 0.1) is 11.8 Å². The first-order chi connectivity index (χ1) is 30.7. The number of benzene rings is 1. The highest BCUT2D eigenvalue weighted by Crippen LogP contribution is 2.40. The summed E-state index contributed by atoms with van der Waals surface area (Å²) in [7, 11) is 0. The summed E-state index contributed by atoms with van der Waals surface area (Å²) in [6, 6.07) is 7.06. The quantitative estimate of drug-likeness (QED) is 0.0297. The number of alkyl carbamates (subject to hydrolysis) is 2. The molecule has 0 aliphatic carbocycles. The summed E-state index contributed by atoms with van der Waals surface area (Å²) in [4.78, 5) is 41.7. The van der Waals surface area contributed by atoms with E-state index in [-0.39, 0.29) is 19.8 Å². The molecule has 0 saturated carbocycles. The van der Waals surface area contributed by atoms with Crippen molar-refractivity contribution in [1.29, 1.82) is 0 Å². The van der Waals surface area contributed by atoms with Gasteiger partial charge in [0.1, 0.15) is 31.5 Å². The van der Waals surface area contributed by atoms with E-state index in [4.69, 9.17) is 127 Å². The van der Waals surface area contributed by atoms with Crippen molar-refractivity contribution in [3.05, 3.63) is 46.3 Å². The fourth-order valence-corrected chi connectivity index (χ4v) is 8.30. The molecule has 0 aromatic heterocycles. The molecule has 366 valence electrons. The third-order valence-electron chi connectivity index (χ3n) is 11.0. The number of halogens is 6. The number of aliphatic hydroxyl groups is 1. The van der Waals surface area contributed by atoms with Crippen LogP contribution in [-0.4, -0.2) is 144 Å². The summed E-state index contributed by atoms with van der Waals surface area (Å²) in [6.45, 7) is 7.08. The van der Waals surface area contributed by atoms with E-state index in [0.29, 0.717) is 18.4 Å². The molecule has 0 radical (unpaired) electrons. The number of carbonyl (C=O) groups excluding carboxylic acids is 3. The number of amides is 2. The van der Waals surface area contributed by atoms with Crippen molar-refractivity contribution in [3.63, 3.8) is 0 Å². The molecule has 2 amide bonds. The smallest absolute Gasteiger partial charge is 0.407 e. The van der Waals surface area contributed by atoms with Crippen molar-refractivity contribution >= 4 is 87.8 Å². The average molecular weight is 1040 g/mol. The average Bonchev–Trinajstić information content (AvgIpc) is 3.25. The number of rotatable bonds is 16. The molecule has 20 nitrogen and oxygen atoms in total. The van der Waals surface area contributed by atoms with Crippen molar-refractivity contribution in [2.45, 2.75) is 141 Å². The van der Waals surface area contributed by atoms with Gasteiger partial charge in [-0.15, -0.1) is 0 Å². The highest BCUT2D eigenvalue weighted by molar-refractivity contribution is 6.68. The van der Waals surface area contributed by atoms with Gasteiger partial charge in [-0.3, -0.25) is 4.79 Å². The molecular formula is C39H53Cl6N5O15. The number of hydrogen-bond acceptors (Lipinski definition) is 16. The Hall–Kier alpha value is -2.08. The highest BCUT2D eigenvalue weighted by Gasteiger charge is 2.55. The van der Waals surface area contributed by atoms with E-state index in [1.54, 1.807) is 13.8 Å². The Bertz CT molecular complexity index is 1770. The third-order valence-corrected chi connectivity index (χ3v) is 11.7. The van der Waals surface area contributed by atoms with Gasteiger partial charge in [0.15, 0.2) is 31.3 Å². The summed E-state index contributed by atoms with van der Waals surface area (Å²) in [5.74, 6) is -2.08. The molecule has 0 bridgehead atoms. The third kappa shape index (κ3) is 15.2. The largest absolute Gasteiger partial charge is 0.454 e. The first-order valence-corrected chi connectivity index (χ1v) is 23.1. The summed E-state index contributed by atoms with van der Waals surface area (Å²) in [5, 5.41) is 20.7. The predicted molar refractivity (Wildman–Crippen MR) is 233 cm³/mol. The van der Waals surface area contributed by atoms with Gasteiger partial charge in [0.25, 0.3) is 0 Å². The van der Waals surface area contributed by atoms with E-state index in [0.717, 1.165) is 0 Å². The fraction of sp³-hybridized carbons (Fsp3) is 0.769. The Kier molecular flexibility index (Phi) is 20.3. The summed E-state index contributed by atoms with van der Waals surface area (Å²) in [5.41, 5.74) is 9.49. The molecule has 3 N–H and O–H groups in total. The SMILES string of the molecule is CCC1O[C@@H](OCCN=[N+]=[N-])C(NC(=O)OCC(Cl)(Cl)Cl)[C@@H](C)[C@@H]1O[C@@H]1OC(CC)[C@@H](O[C@@H]2OC3COC(c4ccccc4)O[C@H]3[C@H](O)C2OC(C)=O)[C@@H](C)C1NC(=O)OCC(Cl)(Cl)Cl. The van der Waals surface area contributed by atoms with Crippen LogP contribution in [-0.2, 0) is 56.9 Å². The van der Waals surface area contributed by atoms with Gasteiger partial charge in [-0.05, 0) is 18.4 Å². The number of aliphatic hydroxyl groups excluding tert-OH is 1. The van der Waals surface area contributed by atoms with E-state index in [2.05, 4.69) is 20.7 Å². The zero-order valence-corrected chi connectivity index (χ0v) is 40.4. The van der Waals surface area contributed by atoms with Gasteiger partial charge in [-0.1, -0.05) is 133 Å². The van der Waals surface area contributed by atoms with Gasteiger partial charge in [0.2, 0.25) is 7.59 Å². The number of esters is 1.